The Morgan fingerprint density at radius 2 is 1.67 bits per heavy atom. The van der Waals surface area contributed by atoms with Gasteiger partial charge in [0.15, 0.2) is 0 Å². The van der Waals surface area contributed by atoms with Crippen molar-refractivity contribution in [2.24, 2.45) is 0 Å². The maximum atomic E-state index is 13.1. The molecule has 0 aromatic heterocycles. The second-order valence-electron chi connectivity index (χ2n) is 7.07. The number of halogens is 1. The van der Waals surface area contributed by atoms with Crippen LogP contribution in [-0.4, -0.2) is 34.7 Å². The molecule has 2 aliphatic rings. The molecule has 1 aliphatic carbocycles. The number of imide groups is 1. The van der Waals surface area contributed by atoms with Crippen LogP contribution in [0.25, 0.3) is 0 Å². The average molecular weight is 427 g/mol. The van der Waals surface area contributed by atoms with E-state index < -0.39 is 6.04 Å². The molecular formula is C21H19BrN2O3. The molecule has 6 heteroatoms. The van der Waals surface area contributed by atoms with Crippen LogP contribution in [0.5, 0.6) is 0 Å². The van der Waals surface area contributed by atoms with Gasteiger partial charge in [0, 0.05) is 16.1 Å². The van der Waals surface area contributed by atoms with E-state index in [1.54, 1.807) is 41.3 Å². The Labute approximate surface area is 166 Å². The lowest BCUT2D eigenvalue weighted by Gasteiger charge is -2.27. The van der Waals surface area contributed by atoms with Gasteiger partial charge in [-0.25, -0.2) is 4.90 Å². The van der Waals surface area contributed by atoms with Crippen molar-refractivity contribution in [3.8, 4) is 0 Å². The lowest BCUT2D eigenvalue weighted by molar-refractivity contribution is -0.122. The van der Waals surface area contributed by atoms with Crippen molar-refractivity contribution in [3.05, 3.63) is 64.1 Å². The molecule has 2 fully saturated rings. The van der Waals surface area contributed by atoms with Gasteiger partial charge >= 0.3 is 0 Å². The van der Waals surface area contributed by atoms with Gasteiger partial charge < -0.3 is 4.90 Å². The van der Waals surface area contributed by atoms with Crippen LogP contribution >= 0.6 is 15.9 Å². The highest BCUT2D eigenvalue weighted by Gasteiger charge is 2.48. The molecule has 5 nitrogen and oxygen atoms in total. The number of hydrogen-bond acceptors (Lipinski definition) is 3. The van der Waals surface area contributed by atoms with E-state index in [0.29, 0.717) is 11.3 Å². The molecule has 138 valence electrons. The van der Waals surface area contributed by atoms with Crippen LogP contribution in [-0.2, 0) is 9.59 Å². The summed E-state index contributed by atoms with van der Waals surface area (Å²) < 4.78 is 0.871. The number of aryl methyl sites for hydroxylation is 1. The van der Waals surface area contributed by atoms with Gasteiger partial charge in [0.25, 0.3) is 11.8 Å². The molecule has 1 saturated heterocycles. The average Bonchev–Trinajstić information content (AvgIpc) is 3.43. The quantitative estimate of drug-likeness (QED) is 0.700. The molecule has 0 spiro atoms. The van der Waals surface area contributed by atoms with Gasteiger partial charge in [-0.1, -0.05) is 33.6 Å². The fourth-order valence-electron chi connectivity index (χ4n) is 3.45. The first-order valence-electron chi connectivity index (χ1n) is 8.97. The number of rotatable bonds is 4. The predicted octanol–water partition coefficient (Wildman–Crippen LogP) is 3.69. The zero-order valence-corrected chi connectivity index (χ0v) is 16.5. The molecule has 4 rings (SSSR count). The largest absolute Gasteiger partial charge is 0.323 e. The Balaban J connectivity index is 1.63. The van der Waals surface area contributed by atoms with Crippen molar-refractivity contribution in [1.82, 2.24) is 4.90 Å². The third-order valence-corrected chi connectivity index (χ3v) is 5.55. The van der Waals surface area contributed by atoms with Crippen molar-refractivity contribution in [3.63, 3.8) is 0 Å². The maximum absolute atomic E-state index is 13.1. The number of benzene rings is 2. The van der Waals surface area contributed by atoms with Crippen LogP contribution in [0.15, 0.2) is 53.0 Å². The zero-order chi connectivity index (χ0) is 19.1. The Bertz CT molecular complexity index is 904. The fourth-order valence-corrected chi connectivity index (χ4v) is 3.72. The summed E-state index contributed by atoms with van der Waals surface area (Å²) in [5.74, 6) is -0.773. The number of carbonyl (C=O) groups excluding carboxylic acids is 3. The lowest BCUT2D eigenvalue weighted by atomic mass is 10.1. The van der Waals surface area contributed by atoms with Crippen LogP contribution in [0.2, 0.25) is 0 Å². The monoisotopic (exact) mass is 426 g/mol. The van der Waals surface area contributed by atoms with Crippen molar-refractivity contribution < 1.29 is 14.4 Å². The summed E-state index contributed by atoms with van der Waals surface area (Å²) in [5, 5.41) is 0. The molecule has 2 aromatic rings. The van der Waals surface area contributed by atoms with Crippen LogP contribution in [0, 0.1) is 6.92 Å². The summed E-state index contributed by atoms with van der Waals surface area (Å²) in [7, 11) is 0. The summed E-state index contributed by atoms with van der Waals surface area (Å²) in [6.07, 6.45) is 1.77. The third-order valence-electron chi connectivity index (χ3n) is 5.02. The standard InChI is InChI=1S/C21H19BrN2O3/c1-13-2-4-14(5-3-13)20(26)23(16-10-11-16)18-12-19(25)24(21(18)27)17-8-6-15(22)7-9-17/h2-9,16,18H,10-12H2,1H3. The van der Waals surface area contributed by atoms with E-state index in [9.17, 15) is 14.4 Å². The smallest absolute Gasteiger partial charge is 0.257 e. The molecule has 1 aliphatic heterocycles. The third kappa shape index (κ3) is 3.41. The predicted molar refractivity (Wildman–Crippen MR) is 105 cm³/mol. The van der Waals surface area contributed by atoms with E-state index in [-0.39, 0.29) is 30.2 Å². The number of anilines is 1. The molecule has 27 heavy (non-hydrogen) atoms. The molecule has 3 amide bonds. The fraction of sp³-hybridized carbons (Fsp3) is 0.286. The molecule has 0 radical (unpaired) electrons. The number of hydrogen-bond donors (Lipinski definition) is 0. The Hall–Kier alpha value is -2.47. The van der Waals surface area contributed by atoms with E-state index in [1.807, 2.05) is 19.1 Å². The summed E-state index contributed by atoms with van der Waals surface area (Å²) in [6, 6.07) is 13.7. The van der Waals surface area contributed by atoms with Gasteiger partial charge in [-0.2, -0.15) is 0 Å². The maximum Gasteiger partial charge on any atom is 0.257 e. The van der Waals surface area contributed by atoms with Crippen LogP contribution in [0.4, 0.5) is 5.69 Å². The van der Waals surface area contributed by atoms with E-state index in [4.69, 9.17) is 0 Å². The Kier molecular flexibility index (Phi) is 4.60. The summed E-state index contributed by atoms with van der Waals surface area (Å²) >= 11 is 3.36. The van der Waals surface area contributed by atoms with Crippen molar-refractivity contribution in [2.75, 3.05) is 4.90 Å². The van der Waals surface area contributed by atoms with E-state index in [1.165, 1.54) is 4.90 Å². The van der Waals surface area contributed by atoms with Gasteiger partial charge in [0.05, 0.1) is 12.1 Å². The van der Waals surface area contributed by atoms with E-state index in [2.05, 4.69) is 15.9 Å². The van der Waals surface area contributed by atoms with Crippen molar-refractivity contribution >= 4 is 39.3 Å². The topological polar surface area (TPSA) is 57.7 Å². The first-order chi connectivity index (χ1) is 13.0. The minimum atomic E-state index is -0.734. The SMILES string of the molecule is Cc1ccc(C(=O)N(C2CC2)C2CC(=O)N(c3ccc(Br)cc3)C2=O)cc1. The van der Waals surface area contributed by atoms with E-state index >= 15 is 0 Å². The highest BCUT2D eigenvalue weighted by Crippen LogP contribution is 2.35. The molecule has 2 aromatic carbocycles. The second kappa shape index (κ2) is 6.93. The minimum Gasteiger partial charge on any atom is -0.323 e. The van der Waals surface area contributed by atoms with Gasteiger partial charge in [0.2, 0.25) is 5.91 Å². The molecule has 0 N–H and O–H groups in total. The van der Waals surface area contributed by atoms with Crippen LogP contribution < -0.4 is 4.90 Å². The van der Waals surface area contributed by atoms with Gasteiger partial charge in [0.1, 0.15) is 6.04 Å². The summed E-state index contributed by atoms with van der Waals surface area (Å²) in [5.41, 5.74) is 2.15. The molecule has 1 unspecified atom stereocenters. The molecule has 1 saturated carbocycles. The highest BCUT2D eigenvalue weighted by atomic mass is 79.9. The lowest BCUT2D eigenvalue weighted by Crippen LogP contribution is -2.46. The molecule has 1 atom stereocenters. The van der Waals surface area contributed by atoms with Gasteiger partial charge in [-0.05, 0) is 56.2 Å². The van der Waals surface area contributed by atoms with E-state index in [0.717, 1.165) is 22.9 Å². The van der Waals surface area contributed by atoms with Gasteiger partial charge in [-0.15, -0.1) is 0 Å². The Morgan fingerprint density at radius 1 is 1.04 bits per heavy atom. The normalized spacial score (nSPS) is 19.5. The Morgan fingerprint density at radius 3 is 2.26 bits per heavy atom. The number of amides is 3. The highest BCUT2D eigenvalue weighted by molar-refractivity contribution is 9.10. The van der Waals surface area contributed by atoms with Crippen LogP contribution in [0.3, 0.4) is 0 Å². The second-order valence-corrected chi connectivity index (χ2v) is 7.99. The van der Waals surface area contributed by atoms with Crippen molar-refractivity contribution in [1.29, 1.82) is 0 Å². The molecule has 1 heterocycles. The minimum absolute atomic E-state index is 0.0308. The summed E-state index contributed by atoms with van der Waals surface area (Å²) in [4.78, 5) is 41.6. The van der Waals surface area contributed by atoms with Gasteiger partial charge in [-0.3, -0.25) is 14.4 Å². The number of nitrogens with zero attached hydrogens (tertiary/aromatic N) is 2. The molecular weight excluding hydrogens is 408 g/mol. The zero-order valence-electron chi connectivity index (χ0n) is 14.9. The van der Waals surface area contributed by atoms with Crippen molar-refractivity contribution in [2.45, 2.75) is 38.3 Å². The first kappa shape index (κ1) is 17.9. The summed E-state index contributed by atoms with van der Waals surface area (Å²) in [6.45, 7) is 1.96. The molecule has 0 bridgehead atoms. The number of carbonyl (C=O) groups is 3. The van der Waals surface area contributed by atoms with Crippen LogP contribution in [0.1, 0.15) is 35.2 Å². The first-order valence-corrected chi connectivity index (χ1v) is 9.76.